The first-order chi connectivity index (χ1) is 12.8. The number of nitrogens with zero attached hydrogens (tertiary/aromatic N) is 1. The Balaban J connectivity index is 1.80. The number of halogens is 4. The second-order valence-electron chi connectivity index (χ2n) is 5.81. The highest BCUT2D eigenvalue weighted by Gasteiger charge is 2.35. The van der Waals surface area contributed by atoms with Crippen molar-refractivity contribution in [1.29, 1.82) is 0 Å². The van der Waals surface area contributed by atoms with Crippen molar-refractivity contribution in [3.05, 3.63) is 51.2 Å². The molecule has 10 heteroatoms. The summed E-state index contributed by atoms with van der Waals surface area (Å²) >= 11 is 7.35. The number of carbonyl (C=O) groups is 2. The van der Waals surface area contributed by atoms with Crippen molar-refractivity contribution in [3.8, 4) is 0 Å². The maximum Gasteiger partial charge on any atom is 0.416 e. The smallest absolute Gasteiger partial charge is 0.369 e. The molecule has 27 heavy (non-hydrogen) atoms. The predicted molar refractivity (Wildman–Crippen MR) is 94.6 cm³/mol. The van der Waals surface area contributed by atoms with Gasteiger partial charge in [0.15, 0.2) is 0 Å². The minimum Gasteiger partial charge on any atom is -0.369 e. The van der Waals surface area contributed by atoms with E-state index in [2.05, 4.69) is 5.32 Å². The Hall–Kier alpha value is -2.10. The van der Waals surface area contributed by atoms with E-state index in [0.717, 1.165) is 23.1 Å². The van der Waals surface area contributed by atoms with Crippen LogP contribution in [0.4, 0.5) is 18.9 Å². The zero-order valence-corrected chi connectivity index (χ0v) is 15.3. The fraction of sp³-hybridized carbons (Fsp3) is 0.294. The lowest BCUT2D eigenvalue weighted by Crippen LogP contribution is -2.54. The molecule has 2 heterocycles. The minimum absolute atomic E-state index is 0.0378. The van der Waals surface area contributed by atoms with E-state index in [1.165, 1.54) is 16.2 Å². The SMILES string of the molecule is O=C(Nc1cc(C(F)(F)F)ccc1Cl)[C@H]1COCC(=O)N1Cc1cccs1. The van der Waals surface area contributed by atoms with Crippen LogP contribution in [0.25, 0.3) is 0 Å². The van der Waals surface area contributed by atoms with Crippen LogP contribution in [-0.2, 0) is 27.0 Å². The van der Waals surface area contributed by atoms with Crippen molar-refractivity contribution in [2.24, 2.45) is 0 Å². The summed E-state index contributed by atoms with van der Waals surface area (Å²) in [6, 6.07) is 5.32. The second-order valence-corrected chi connectivity index (χ2v) is 7.25. The molecule has 0 saturated carbocycles. The van der Waals surface area contributed by atoms with Crippen molar-refractivity contribution in [2.75, 3.05) is 18.5 Å². The summed E-state index contributed by atoms with van der Waals surface area (Å²) in [5.74, 6) is -1.04. The number of ether oxygens (including phenoxy) is 1. The second kappa shape index (κ2) is 7.87. The number of amides is 2. The molecule has 1 aromatic heterocycles. The third kappa shape index (κ3) is 4.60. The van der Waals surface area contributed by atoms with Crippen LogP contribution in [0, 0.1) is 0 Å². The zero-order chi connectivity index (χ0) is 19.6. The third-order valence-corrected chi connectivity index (χ3v) is 5.15. The van der Waals surface area contributed by atoms with Crippen LogP contribution >= 0.6 is 22.9 Å². The lowest BCUT2D eigenvalue weighted by Gasteiger charge is -2.34. The van der Waals surface area contributed by atoms with E-state index >= 15 is 0 Å². The van der Waals surface area contributed by atoms with Gasteiger partial charge in [-0.05, 0) is 29.6 Å². The van der Waals surface area contributed by atoms with E-state index in [1.807, 2.05) is 17.5 Å². The molecule has 1 atom stereocenters. The molecule has 0 bridgehead atoms. The molecule has 3 rings (SSSR count). The zero-order valence-electron chi connectivity index (χ0n) is 13.8. The molecule has 0 radical (unpaired) electrons. The number of hydrogen-bond acceptors (Lipinski definition) is 4. The Labute approximate surface area is 161 Å². The average Bonchev–Trinajstić information content (AvgIpc) is 3.10. The van der Waals surface area contributed by atoms with Gasteiger partial charge < -0.3 is 15.0 Å². The van der Waals surface area contributed by atoms with Crippen molar-refractivity contribution >= 4 is 40.4 Å². The van der Waals surface area contributed by atoms with E-state index in [-0.39, 0.29) is 36.4 Å². The normalized spacial score (nSPS) is 17.9. The van der Waals surface area contributed by atoms with E-state index in [0.29, 0.717) is 0 Å². The highest BCUT2D eigenvalue weighted by molar-refractivity contribution is 7.09. The monoisotopic (exact) mass is 418 g/mol. The number of alkyl halides is 3. The lowest BCUT2D eigenvalue weighted by molar-refractivity contribution is -0.153. The summed E-state index contributed by atoms with van der Waals surface area (Å²) in [5, 5.41) is 4.19. The molecule has 1 saturated heterocycles. The van der Waals surface area contributed by atoms with E-state index < -0.39 is 23.7 Å². The molecule has 1 N–H and O–H groups in total. The number of nitrogens with one attached hydrogen (secondary N) is 1. The van der Waals surface area contributed by atoms with Crippen LogP contribution in [0.1, 0.15) is 10.4 Å². The first-order valence-electron chi connectivity index (χ1n) is 7.83. The molecule has 1 aliphatic rings. The van der Waals surface area contributed by atoms with Gasteiger partial charge >= 0.3 is 6.18 Å². The van der Waals surface area contributed by atoms with Gasteiger partial charge in [-0.25, -0.2) is 0 Å². The van der Waals surface area contributed by atoms with Crippen LogP contribution in [0.3, 0.4) is 0 Å². The topological polar surface area (TPSA) is 58.6 Å². The Morgan fingerprint density at radius 1 is 1.37 bits per heavy atom. The summed E-state index contributed by atoms with van der Waals surface area (Å²) in [6.07, 6.45) is -4.57. The number of morpholine rings is 1. The molecule has 0 unspecified atom stereocenters. The Kier molecular flexibility index (Phi) is 5.73. The van der Waals surface area contributed by atoms with Gasteiger partial charge in [0.2, 0.25) is 11.8 Å². The molecule has 5 nitrogen and oxygen atoms in total. The van der Waals surface area contributed by atoms with E-state index in [9.17, 15) is 22.8 Å². The van der Waals surface area contributed by atoms with Crippen molar-refractivity contribution in [3.63, 3.8) is 0 Å². The summed E-state index contributed by atoms with van der Waals surface area (Å²) in [6.45, 7) is 0.00721. The fourth-order valence-corrected chi connectivity index (χ4v) is 3.47. The molecule has 0 spiro atoms. The highest BCUT2D eigenvalue weighted by Crippen LogP contribution is 2.34. The standard InChI is InChI=1S/C17H14ClF3N2O3S/c18-12-4-3-10(17(19,20)21)6-13(12)22-16(25)14-8-26-9-15(24)23(14)7-11-2-1-5-27-11/h1-6,14H,7-9H2,(H,22,25)/t14-/m1/s1. The fourth-order valence-electron chi connectivity index (χ4n) is 2.60. The van der Waals surface area contributed by atoms with Gasteiger partial charge in [-0.15, -0.1) is 11.3 Å². The highest BCUT2D eigenvalue weighted by atomic mass is 35.5. The first kappa shape index (κ1) is 19.7. The summed E-state index contributed by atoms with van der Waals surface area (Å²) < 4.78 is 43.8. The van der Waals surface area contributed by atoms with Gasteiger partial charge in [0.1, 0.15) is 12.6 Å². The van der Waals surface area contributed by atoms with Crippen molar-refractivity contribution in [2.45, 2.75) is 18.8 Å². The third-order valence-electron chi connectivity index (χ3n) is 3.96. The predicted octanol–water partition coefficient (Wildman–Crippen LogP) is 3.79. The number of carbonyl (C=O) groups excluding carboxylic acids is 2. The minimum atomic E-state index is -4.57. The van der Waals surface area contributed by atoms with E-state index in [1.54, 1.807) is 0 Å². The first-order valence-corrected chi connectivity index (χ1v) is 9.08. The van der Waals surface area contributed by atoms with Crippen LogP contribution < -0.4 is 5.32 Å². The van der Waals surface area contributed by atoms with Crippen LogP contribution in [0.2, 0.25) is 5.02 Å². The number of anilines is 1. The lowest BCUT2D eigenvalue weighted by atomic mass is 10.1. The van der Waals surface area contributed by atoms with Gasteiger partial charge in [0.25, 0.3) is 0 Å². The van der Waals surface area contributed by atoms with Gasteiger partial charge in [-0.3, -0.25) is 9.59 Å². The largest absolute Gasteiger partial charge is 0.416 e. The average molecular weight is 419 g/mol. The van der Waals surface area contributed by atoms with Crippen molar-refractivity contribution < 1.29 is 27.5 Å². The maximum atomic E-state index is 12.9. The van der Waals surface area contributed by atoms with Crippen LogP contribution in [-0.4, -0.2) is 36.0 Å². The number of thiophene rings is 1. The molecule has 144 valence electrons. The van der Waals surface area contributed by atoms with Gasteiger partial charge in [0.05, 0.1) is 29.4 Å². The number of rotatable bonds is 4. The summed E-state index contributed by atoms with van der Waals surface area (Å²) in [4.78, 5) is 27.1. The van der Waals surface area contributed by atoms with Gasteiger partial charge in [-0.1, -0.05) is 17.7 Å². The molecule has 2 amide bonds. The molecule has 0 aliphatic carbocycles. The molecule has 1 aromatic carbocycles. The molecular weight excluding hydrogens is 405 g/mol. The quantitative estimate of drug-likeness (QED) is 0.822. The molecular formula is C17H14ClF3N2O3S. The van der Waals surface area contributed by atoms with Gasteiger partial charge in [0, 0.05) is 4.88 Å². The number of hydrogen-bond donors (Lipinski definition) is 1. The Morgan fingerprint density at radius 2 is 2.15 bits per heavy atom. The molecule has 2 aromatic rings. The van der Waals surface area contributed by atoms with Crippen molar-refractivity contribution in [1.82, 2.24) is 4.90 Å². The van der Waals surface area contributed by atoms with Crippen LogP contribution in [0.15, 0.2) is 35.7 Å². The molecule has 1 fully saturated rings. The van der Waals surface area contributed by atoms with Crippen LogP contribution in [0.5, 0.6) is 0 Å². The number of benzene rings is 1. The Morgan fingerprint density at radius 3 is 2.81 bits per heavy atom. The molecule has 1 aliphatic heterocycles. The maximum absolute atomic E-state index is 12.9. The van der Waals surface area contributed by atoms with Gasteiger partial charge in [-0.2, -0.15) is 13.2 Å². The van der Waals surface area contributed by atoms with E-state index in [4.69, 9.17) is 16.3 Å². The summed E-state index contributed by atoms with van der Waals surface area (Å²) in [5.41, 5.74) is -1.11. The summed E-state index contributed by atoms with van der Waals surface area (Å²) in [7, 11) is 0. The Bertz CT molecular complexity index is 842.